The van der Waals surface area contributed by atoms with Crippen LogP contribution in [0.15, 0.2) is 36.7 Å². The molecule has 10 nitrogen and oxygen atoms in total. The molecule has 4 aromatic rings. The fraction of sp³-hybridized carbons (Fsp3) is 0.391. The zero-order chi connectivity index (χ0) is 22.8. The van der Waals surface area contributed by atoms with Crippen molar-refractivity contribution < 1.29 is 9.53 Å². The third kappa shape index (κ3) is 4.39. The maximum Gasteiger partial charge on any atom is 0.224 e. The minimum absolute atomic E-state index is 0.0207. The van der Waals surface area contributed by atoms with E-state index in [1.54, 1.807) is 6.33 Å². The van der Waals surface area contributed by atoms with Gasteiger partial charge in [-0.25, -0.2) is 9.97 Å². The molecular weight excluding hydrogens is 420 g/mol. The van der Waals surface area contributed by atoms with Crippen molar-refractivity contribution in [1.82, 2.24) is 34.4 Å². The summed E-state index contributed by atoms with van der Waals surface area (Å²) in [6.07, 6.45) is 2.09. The van der Waals surface area contributed by atoms with Crippen LogP contribution < -0.4 is 10.6 Å². The van der Waals surface area contributed by atoms with Crippen LogP contribution in [0, 0.1) is 0 Å². The monoisotopic (exact) mass is 448 g/mol. The van der Waals surface area contributed by atoms with Crippen molar-refractivity contribution in [2.75, 3.05) is 51.8 Å². The Morgan fingerprint density at radius 2 is 2.06 bits per heavy atom. The number of aromatic nitrogens is 5. The second kappa shape index (κ2) is 9.16. The second-order valence-corrected chi connectivity index (χ2v) is 8.22. The molecule has 5 rings (SSSR count). The number of benzene rings is 1. The van der Waals surface area contributed by atoms with Gasteiger partial charge in [-0.05, 0) is 11.6 Å². The molecule has 1 aliphatic rings. The average molecular weight is 449 g/mol. The molecule has 10 heteroatoms. The molecule has 33 heavy (non-hydrogen) atoms. The molecule has 0 atom stereocenters. The van der Waals surface area contributed by atoms with E-state index in [2.05, 4.69) is 25.5 Å². The number of nitrogens with zero attached hydrogens (tertiary/aromatic N) is 6. The molecule has 0 saturated carbocycles. The van der Waals surface area contributed by atoms with Gasteiger partial charge in [-0.2, -0.15) is 9.61 Å². The second-order valence-electron chi connectivity index (χ2n) is 8.22. The first-order chi connectivity index (χ1) is 16.1. The number of morpholine rings is 1. The van der Waals surface area contributed by atoms with Crippen LogP contribution in [0.2, 0.25) is 0 Å². The number of ether oxygens (including phenoxy) is 1. The van der Waals surface area contributed by atoms with Crippen molar-refractivity contribution in [2.24, 2.45) is 7.05 Å². The van der Waals surface area contributed by atoms with E-state index >= 15 is 0 Å². The Morgan fingerprint density at radius 1 is 1.21 bits per heavy atom. The number of fused-ring (bicyclic) bond motifs is 3. The molecule has 0 spiro atoms. The highest BCUT2D eigenvalue weighted by molar-refractivity contribution is 5.86. The number of anilines is 1. The summed E-state index contributed by atoms with van der Waals surface area (Å²) in [5.74, 6) is 0.736. The number of hydrogen-bond acceptors (Lipinski definition) is 7. The van der Waals surface area contributed by atoms with E-state index in [-0.39, 0.29) is 5.91 Å². The van der Waals surface area contributed by atoms with Gasteiger partial charge >= 0.3 is 0 Å². The van der Waals surface area contributed by atoms with E-state index in [1.807, 2.05) is 53.5 Å². The molecule has 1 amide bonds. The summed E-state index contributed by atoms with van der Waals surface area (Å²) in [7, 11) is 3.77. The molecule has 3 aromatic heterocycles. The van der Waals surface area contributed by atoms with Crippen LogP contribution in [-0.4, -0.2) is 81.4 Å². The van der Waals surface area contributed by atoms with Crippen LogP contribution in [0.4, 0.5) is 5.82 Å². The number of nitrogens with one attached hydrogen (secondary N) is 2. The van der Waals surface area contributed by atoms with Crippen molar-refractivity contribution in [3.63, 3.8) is 0 Å². The van der Waals surface area contributed by atoms with Crippen molar-refractivity contribution in [2.45, 2.75) is 6.42 Å². The number of aryl methyl sites for hydroxylation is 1. The van der Waals surface area contributed by atoms with Crippen molar-refractivity contribution in [3.05, 3.63) is 42.2 Å². The van der Waals surface area contributed by atoms with Gasteiger partial charge in [0, 0.05) is 51.9 Å². The third-order valence-electron chi connectivity index (χ3n) is 5.93. The SMILES string of the molecule is CNc1nc2cc(-c3cccc(CC(=O)NCCN4CCOCC4)c3)nn2c2c1ncn2C. The maximum absolute atomic E-state index is 12.5. The number of imidazole rings is 1. The minimum atomic E-state index is 0.0207. The van der Waals surface area contributed by atoms with Crippen LogP contribution in [0.25, 0.3) is 28.1 Å². The zero-order valence-electron chi connectivity index (χ0n) is 18.9. The van der Waals surface area contributed by atoms with Gasteiger partial charge in [0.1, 0.15) is 0 Å². The normalized spacial score (nSPS) is 14.7. The summed E-state index contributed by atoms with van der Waals surface area (Å²) < 4.78 is 9.10. The maximum atomic E-state index is 12.5. The van der Waals surface area contributed by atoms with E-state index in [0.717, 1.165) is 66.5 Å². The summed E-state index contributed by atoms with van der Waals surface area (Å²) in [6.45, 7) is 4.87. The summed E-state index contributed by atoms with van der Waals surface area (Å²) in [5, 5.41) is 10.9. The predicted octanol–water partition coefficient (Wildman–Crippen LogP) is 1.32. The summed E-state index contributed by atoms with van der Waals surface area (Å²) in [4.78, 5) is 23.9. The third-order valence-corrected chi connectivity index (χ3v) is 5.93. The summed E-state index contributed by atoms with van der Waals surface area (Å²) >= 11 is 0. The van der Waals surface area contributed by atoms with Crippen LogP contribution in [0.3, 0.4) is 0 Å². The molecule has 0 aliphatic carbocycles. The van der Waals surface area contributed by atoms with Crippen LogP contribution in [0.5, 0.6) is 0 Å². The molecule has 0 unspecified atom stereocenters. The Hall–Kier alpha value is -3.50. The Labute approximate surface area is 191 Å². The van der Waals surface area contributed by atoms with Crippen molar-refractivity contribution in [1.29, 1.82) is 0 Å². The van der Waals surface area contributed by atoms with Crippen molar-refractivity contribution >= 4 is 28.5 Å². The number of carbonyl (C=O) groups is 1. The summed E-state index contributed by atoms with van der Waals surface area (Å²) in [5.41, 5.74) is 5.06. The van der Waals surface area contributed by atoms with Crippen LogP contribution in [0.1, 0.15) is 5.56 Å². The van der Waals surface area contributed by atoms with Gasteiger partial charge in [0.05, 0.1) is 31.7 Å². The van der Waals surface area contributed by atoms with Gasteiger partial charge in [-0.1, -0.05) is 18.2 Å². The molecule has 0 radical (unpaired) electrons. The molecular formula is C23H28N8O2. The topological polar surface area (TPSA) is 102 Å². The van der Waals surface area contributed by atoms with Crippen molar-refractivity contribution in [3.8, 4) is 11.3 Å². The van der Waals surface area contributed by atoms with E-state index in [4.69, 9.17) is 9.84 Å². The van der Waals surface area contributed by atoms with Gasteiger partial charge in [-0.3, -0.25) is 9.69 Å². The first-order valence-corrected chi connectivity index (χ1v) is 11.2. The van der Waals surface area contributed by atoms with Gasteiger partial charge < -0.3 is 19.9 Å². The Morgan fingerprint density at radius 3 is 2.88 bits per heavy atom. The highest BCUT2D eigenvalue weighted by atomic mass is 16.5. The quantitative estimate of drug-likeness (QED) is 0.440. The van der Waals surface area contributed by atoms with E-state index in [9.17, 15) is 4.79 Å². The lowest BCUT2D eigenvalue weighted by Crippen LogP contribution is -2.41. The summed E-state index contributed by atoms with van der Waals surface area (Å²) in [6, 6.07) is 9.90. The van der Waals surface area contributed by atoms with Crippen LogP contribution in [-0.2, 0) is 23.0 Å². The molecule has 0 bridgehead atoms. The lowest BCUT2D eigenvalue weighted by atomic mass is 10.1. The van der Waals surface area contributed by atoms with Gasteiger partial charge in [0.25, 0.3) is 0 Å². The molecule has 1 aromatic carbocycles. The van der Waals surface area contributed by atoms with Gasteiger partial charge in [0.15, 0.2) is 22.6 Å². The van der Waals surface area contributed by atoms with E-state index < -0.39 is 0 Å². The van der Waals surface area contributed by atoms with Gasteiger partial charge in [-0.15, -0.1) is 0 Å². The number of carbonyl (C=O) groups excluding carboxylic acids is 1. The van der Waals surface area contributed by atoms with E-state index in [0.29, 0.717) is 18.8 Å². The highest BCUT2D eigenvalue weighted by Crippen LogP contribution is 2.25. The molecule has 1 saturated heterocycles. The lowest BCUT2D eigenvalue weighted by Gasteiger charge is -2.26. The molecule has 1 fully saturated rings. The standard InChI is InChI=1S/C23H28N8O2/c1-24-22-21-23(29(2)15-26-21)31-19(27-22)14-18(28-31)17-5-3-4-16(12-17)13-20(32)25-6-7-30-8-10-33-11-9-30/h3-5,12,14-15H,6-11,13H2,1-2H3,(H,24,27)(H,25,32). The number of hydrogen-bond donors (Lipinski definition) is 2. The Bertz CT molecular complexity index is 1290. The first-order valence-electron chi connectivity index (χ1n) is 11.2. The predicted molar refractivity (Wildman–Crippen MR) is 126 cm³/mol. The number of amides is 1. The van der Waals surface area contributed by atoms with E-state index in [1.165, 1.54) is 0 Å². The zero-order valence-corrected chi connectivity index (χ0v) is 18.9. The average Bonchev–Trinajstić information content (AvgIpc) is 3.43. The van der Waals surface area contributed by atoms with Crippen LogP contribution >= 0.6 is 0 Å². The first kappa shape index (κ1) is 21.4. The smallest absolute Gasteiger partial charge is 0.224 e. The molecule has 172 valence electrons. The molecule has 2 N–H and O–H groups in total. The Kier molecular flexibility index (Phi) is 5.93. The highest BCUT2D eigenvalue weighted by Gasteiger charge is 2.16. The van der Waals surface area contributed by atoms with Gasteiger partial charge in [0.2, 0.25) is 5.91 Å². The Balaban J connectivity index is 1.32. The molecule has 4 heterocycles. The minimum Gasteiger partial charge on any atom is -0.379 e. The molecule has 1 aliphatic heterocycles. The fourth-order valence-corrected chi connectivity index (χ4v) is 4.20. The largest absolute Gasteiger partial charge is 0.379 e. The lowest BCUT2D eigenvalue weighted by molar-refractivity contribution is -0.120. The fourth-order valence-electron chi connectivity index (χ4n) is 4.20. The number of rotatable bonds is 7.